The summed E-state index contributed by atoms with van der Waals surface area (Å²) in [6, 6.07) is 8.00. The predicted molar refractivity (Wildman–Crippen MR) is 156 cm³/mol. The normalized spacial score (nSPS) is 18.6. The van der Waals surface area contributed by atoms with Gasteiger partial charge in [0.05, 0.1) is 23.1 Å². The third kappa shape index (κ3) is 6.21. The van der Waals surface area contributed by atoms with Crippen LogP contribution in [-0.4, -0.2) is 53.7 Å². The van der Waals surface area contributed by atoms with E-state index in [1.165, 1.54) is 6.20 Å². The van der Waals surface area contributed by atoms with Crippen molar-refractivity contribution in [3.8, 4) is 23.2 Å². The highest BCUT2D eigenvalue weighted by Crippen LogP contribution is 2.44. The Hall–Kier alpha value is -3.56. The molecule has 12 heteroatoms. The van der Waals surface area contributed by atoms with Gasteiger partial charge in [-0.25, -0.2) is 18.7 Å². The molecule has 1 aliphatic carbocycles. The summed E-state index contributed by atoms with van der Waals surface area (Å²) in [6.45, 7) is 14.0. The standard InChI is InChI=1S/C29H37F2N7O2Si/c1-28(2,3)41(5,6)39-17-29(4)16-34-25-19(13-32)11-18(12-21(25)29)22-9-10-33-27(35-22)36-23-14-38(15-24(30)31)37-26(23)40-20-7-8-20/h9-12,14,20,24,34H,7-8,15-17H2,1-6H3,(H,33,35,36)/t29-/m1/s1. The van der Waals surface area contributed by atoms with Crippen molar-refractivity contribution in [3.05, 3.63) is 41.7 Å². The molecule has 1 saturated carbocycles. The summed E-state index contributed by atoms with van der Waals surface area (Å²) in [5.41, 5.74) is 3.87. The molecule has 41 heavy (non-hydrogen) atoms. The number of benzene rings is 1. The molecule has 9 nitrogen and oxygen atoms in total. The molecule has 0 saturated heterocycles. The van der Waals surface area contributed by atoms with Crippen LogP contribution in [0.5, 0.6) is 5.88 Å². The van der Waals surface area contributed by atoms with Gasteiger partial charge in [-0.05, 0) is 54.7 Å². The lowest BCUT2D eigenvalue weighted by Crippen LogP contribution is -2.45. The summed E-state index contributed by atoms with van der Waals surface area (Å²) in [4.78, 5) is 9.03. The van der Waals surface area contributed by atoms with Crippen LogP contribution in [0, 0.1) is 11.3 Å². The molecule has 0 unspecified atom stereocenters. The van der Waals surface area contributed by atoms with Gasteiger partial charge in [-0.2, -0.15) is 5.26 Å². The van der Waals surface area contributed by atoms with Crippen LogP contribution < -0.4 is 15.4 Å². The zero-order valence-electron chi connectivity index (χ0n) is 24.4. The van der Waals surface area contributed by atoms with Crippen LogP contribution in [0.15, 0.2) is 30.6 Å². The Balaban J connectivity index is 1.44. The van der Waals surface area contributed by atoms with Gasteiger partial charge in [0.1, 0.15) is 24.4 Å². The summed E-state index contributed by atoms with van der Waals surface area (Å²) >= 11 is 0. The van der Waals surface area contributed by atoms with E-state index in [-0.39, 0.29) is 28.4 Å². The number of nitriles is 1. The zero-order chi connectivity index (χ0) is 29.6. The van der Waals surface area contributed by atoms with Crippen LogP contribution in [-0.2, 0) is 16.4 Å². The highest BCUT2D eigenvalue weighted by atomic mass is 28.4. The van der Waals surface area contributed by atoms with E-state index < -0.39 is 21.3 Å². The van der Waals surface area contributed by atoms with Crippen molar-refractivity contribution in [1.29, 1.82) is 5.26 Å². The fraction of sp³-hybridized carbons (Fsp3) is 0.517. The van der Waals surface area contributed by atoms with Gasteiger partial charge < -0.3 is 19.8 Å². The van der Waals surface area contributed by atoms with Gasteiger partial charge in [0, 0.05) is 30.3 Å². The summed E-state index contributed by atoms with van der Waals surface area (Å²) in [6.07, 6.45) is 2.40. The second-order valence-corrected chi connectivity index (χ2v) is 17.5. The molecule has 0 spiro atoms. The molecule has 3 aromatic rings. The first-order valence-corrected chi connectivity index (χ1v) is 16.8. The molecule has 5 rings (SSSR count). The number of hydrogen-bond acceptors (Lipinski definition) is 8. The van der Waals surface area contributed by atoms with Crippen LogP contribution >= 0.6 is 0 Å². The van der Waals surface area contributed by atoms with Crippen LogP contribution in [0.3, 0.4) is 0 Å². The number of halogens is 2. The number of fused-ring (bicyclic) bond motifs is 1. The number of anilines is 3. The zero-order valence-corrected chi connectivity index (χ0v) is 25.4. The Labute approximate surface area is 240 Å². The average Bonchev–Trinajstić information content (AvgIpc) is 3.56. The molecular formula is C29H37F2N7O2Si. The van der Waals surface area contributed by atoms with E-state index in [1.54, 1.807) is 12.3 Å². The molecule has 1 aromatic carbocycles. The van der Waals surface area contributed by atoms with E-state index in [4.69, 9.17) is 14.1 Å². The van der Waals surface area contributed by atoms with Crippen molar-refractivity contribution in [2.75, 3.05) is 23.8 Å². The van der Waals surface area contributed by atoms with E-state index in [9.17, 15) is 14.0 Å². The molecule has 0 bridgehead atoms. The Bertz CT molecular complexity index is 1480. The second kappa shape index (κ2) is 10.7. The topological polar surface area (TPSA) is 110 Å². The molecule has 2 N–H and O–H groups in total. The maximum atomic E-state index is 13.0. The van der Waals surface area contributed by atoms with E-state index in [1.807, 2.05) is 6.07 Å². The number of nitrogens with one attached hydrogen (secondary N) is 2. The van der Waals surface area contributed by atoms with Crippen LogP contribution in [0.25, 0.3) is 11.3 Å². The van der Waals surface area contributed by atoms with Gasteiger partial charge in [-0.3, -0.25) is 4.68 Å². The van der Waals surface area contributed by atoms with Crippen molar-refractivity contribution in [2.45, 2.75) is 83.2 Å². The van der Waals surface area contributed by atoms with Crippen molar-refractivity contribution in [2.24, 2.45) is 0 Å². The number of rotatable bonds is 10. The van der Waals surface area contributed by atoms with Crippen molar-refractivity contribution in [1.82, 2.24) is 19.7 Å². The minimum Gasteiger partial charge on any atom is -0.472 e. The summed E-state index contributed by atoms with van der Waals surface area (Å²) < 4.78 is 39.6. The Morgan fingerprint density at radius 3 is 2.71 bits per heavy atom. The fourth-order valence-electron chi connectivity index (χ4n) is 4.46. The third-order valence-electron chi connectivity index (χ3n) is 8.18. The molecule has 0 radical (unpaired) electrons. The summed E-state index contributed by atoms with van der Waals surface area (Å²) in [5, 5.41) is 20.8. The molecule has 3 heterocycles. The minimum atomic E-state index is -2.54. The van der Waals surface area contributed by atoms with Gasteiger partial charge in [-0.15, -0.1) is 5.10 Å². The van der Waals surface area contributed by atoms with E-state index in [0.717, 1.165) is 34.3 Å². The fourth-order valence-corrected chi connectivity index (χ4v) is 5.58. The predicted octanol–water partition coefficient (Wildman–Crippen LogP) is 6.47. The largest absolute Gasteiger partial charge is 0.472 e. The van der Waals surface area contributed by atoms with Crippen LogP contribution in [0.4, 0.5) is 26.1 Å². The van der Waals surface area contributed by atoms with Gasteiger partial charge in [0.15, 0.2) is 8.32 Å². The van der Waals surface area contributed by atoms with Gasteiger partial charge in [0.2, 0.25) is 5.95 Å². The molecule has 2 aliphatic rings. The Morgan fingerprint density at radius 2 is 2.05 bits per heavy atom. The van der Waals surface area contributed by atoms with Gasteiger partial charge in [0.25, 0.3) is 12.3 Å². The highest BCUT2D eigenvalue weighted by molar-refractivity contribution is 6.74. The van der Waals surface area contributed by atoms with Crippen LogP contribution in [0.1, 0.15) is 51.7 Å². The highest BCUT2D eigenvalue weighted by Gasteiger charge is 2.42. The molecule has 1 atom stereocenters. The number of alkyl halides is 2. The lowest BCUT2D eigenvalue weighted by Gasteiger charge is -2.39. The first kappa shape index (κ1) is 28.9. The van der Waals surface area contributed by atoms with Crippen molar-refractivity contribution < 1.29 is 17.9 Å². The Morgan fingerprint density at radius 1 is 1.29 bits per heavy atom. The lowest BCUT2D eigenvalue weighted by atomic mass is 9.83. The second-order valence-electron chi connectivity index (χ2n) is 12.7. The first-order chi connectivity index (χ1) is 19.3. The van der Waals surface area contributed by atoms with Crippen molar-refractivity contribution >= 4 is 25.6 Å². The Kier molecular flexibility index (Phi) is 7.54. The molecule has 1 aliphatic heterocycles. The number of ether oxygens (including phenoxy) is 1. The molecular weight excluding hydrogens is 544 g/mol. The molecule has 0 amide bonds. The SMILES string of the molecule is CC(C)(C)[Si](C)(C)OC[C@@]1(C)CNc2c(C#N)cc(-c3ccnc(Nc4cn(CC(F)F)nc4OC4CC4)n3)cc21. The minimum absolute atomic E-state index is 0.0389. The number of hydrogen-bond donors (Lipinski definition) is 2. The smallest absolute Gasteiger partial charge is 0.257 e. The summed E-state index contributed by atoms with van der Waals surface area (Å²) in [7, 11) is -1.98. The third-order valence-corrected chi connectivity index (χ3v) is 12.7. The van der Waals surface area contributed by atoms with Gasteiger partial charge in [-0.1, -0.05) is 27.7 Å². The summed E-state index contributed by atoms with van der Waals surface area (Å²) in [5.74, 6) is 0.510. The molecule has 2 aromatic heterocycles. The van der Waals surface area contributed by atoms with E-state index in [0.29, 0.717) is 30.1 Å². The quantitative estimate of drug-likeness (QED) is 0.262. The lowest BCUT2D eigenvalue weighted by molar-refractivity contribution is 0.121. The van der Waals surface area contributed by atoms with E-state index in [2.05, 4.69) is 73.6 Å². The maximum absolute atomic E-state index is 13.0. The van der Waals surface area contributed by atoms with Crippen molar-refractivity contribution in [3.63, 3.8) is 0 Å². The molecule has 1 fully saturated rings. The average molecular weight is 582 g/mol. The van der Waals surface area contributed by atoms with Crippen LogP contribution in [0.2, 0.25) is 18.1 Å². The van der Waals surface area contributed by atoms with Gasteiger partial charge >= 0.3 is 0 Å². The number of nitrogens with zero attached hydrogens (tertiary/aromatic N) is 5. The monoisotopic (exact) mass is 581 g/mol. The first-order valence-electron chi connectivity index (χ1n) is 13.9. The van der Waals surface area contributed by atoms with E-state index >= 15 is 0 Å². The maximum Gasteiger partial charge on any atom is 0.257 e. The number of aromatic nitrogens is 4. The molecule has 218 valence electrons.